The fraction of sp³-hybridized carbons (Fsp3) is 0.900. The van der Waals surface area contributed by atoms with Crippen molar-refractivity contribution < 1.29 is 4.79 Å². The Kier molecular flexibility index (Phi) is 3.12. The zero-order valence-electron chi connectivity index (χ0n) is 8.34. The van der Waals surface area contributed by atoms with Crippen LogP contribution in [0.5, 0.6) is 0 Å². The minimum Gasteiger partial charge on any atom is -0.342 e. The molecule has 1 fully saturated rings. The van der Waals surface area contributed by atoms with Gasteiger partial charge in [0.1, 0.15) is 0 Å². The van der Waals surface area contributed by atoms with Gasteiger partial charge in [0, 0.05) is 19.0 Å². The van der Waals surface area contributed by atoms with Crippen molar-refractivity contribution in [3.8, 4) is 0 Å². The lowest BCUT2D eigenvalue weighted by molar-refractivity contribution is -0.133. The van der Waals surface area contributed by atoms with Gasteiger partial charge >= 0.3 is 0 Å². The third kappa shape index (κ3) is 1.99. The Morgan fingerprint density at radius 1 is 1.58 bits per heavy atom. The summed E-state index contributed by atoms with van der Waals surface area (Å²) in [6.07, 6.45) is 2.41. The predicted octanol–water partition coefficient (Wildman–Crippen LogP) is 1.90. The molecule has 2 nitrogen and oxygen atoms in total. The van der Waals surface area contributed by atoms with E-state index in [1.54, 1.807) is 0 Å². The maximum absolute atomic E-state index is 11.5. The van der Waals surface area contributed by atoms with Crippen molar-refractivity contribution in [2.45, 2.75) is 33.6 Å². The first kappa shape index (κ1) is 9.56. The number of hydrogen-bond donors (Lipinski definition) is 0. The van der Waals surface area contributed by atoms with Crippen molar-refractivity contribution in [2.75, 3.05) is 13.1 Å². The van der Waals surface area contributed by atoms with Crippen LogP contribution in [-0.4, -0.2) is 23.9 Å². The van der Waals surface area contributed by atoms with Crippen molar-refractivity contribution >= 4 is 5.91 Å². The fourth-order valence-corrected chi connectivity index (χ4v) is 1.73. The molecule has 0 aromatic rings. The van der Waals surface area contributed by atoms with Gasteiger partial charge in [-0.1, -0.05) is 27.2 Å². The Hall–Kier alpha value is -0.530. The number of carbonyl (C=O) groups is 1. The van der Waals surface area contributed by atoms with Crippen molar-refractivity contribution in [3.63, 3.8) is 0 Å². The fourth-order valence-electron chi connectivity index (χ4n) is 1.73. The van der Waals surface area contributed by atoms with Crippen LogP contribution < -0.4 is 0 Å². The van der Waals surface area contributed by atoms with Crippen LogP contribution in [0.2, 0.25) is 0 Å². The molecular formula is C10H19NO. The van der Waals surface area contributed by atoms with Gasteiger partial charge in [-0.25, -0.2) is 0 Å². The molecule has 0 N–H and O–H groups in total. The van der Waals surface area contributed by atoms with Gasteiger partial charge in [0.25, 0.3) is 0 Å². The van der Waals surface area contributed by atoms with E-state index >= 15 is 0 Å². The molecular weight excluding hydrogens is 150 g/mol. The van der Waals surface area contributed by atoms with Gasteiger partial charge < -0.3 is 4.90 Å². The molecule has 12 heavy (non-hydrogen) atoms. The lowest BCUT2D eigenvalue weighted by Gasteiger charge is -2.18. The summed E-state index contributed by atoms with van der Waals surface area (Å²) in [5, 5.41) is 0. The molecule has 2 heteroatoms. The topological polar surface area (TPSA) is 20.3 Å². The van der Waals surface area contributed by atoms with E-state index in [-0.39, 0.29) is 5.92 Å². The van der Waals surface area contributed by atoms with E-state index in [2.05, 4.69) is 6.92 Å². The number of hydrogen-bond acceptors (Lipinski definition) is 1. The quantitative estimate of drug-likeness (QED) is 0.618. The van der Waals surface area contributed by atoms with Gasteiger partial charge in [0.05, 0.1) is 0 Å². The zero-order valence-corrected chi connectivity index (χ0v) is 8.34. The van der Waals surface area contributed by atoms with E-state index in [1.165, 1.54) is 12.8 Å². The van der Waals surface area contributed by atoms with E-state index < -0.39 is 0 Å². The molecule has 0 saturated carbocycles. The van der Waals surface area contributed by atoms with Gasteiger partial charge in [-0.2, -0.15) is 0 Å². The molecule has 1 atom stereocenters. The Morgan fingerprint density at radius 3 is 2.67 bits per heavy atom. The molecule has 0 bridgehead atoms. The minimum atomic E-state index is 0.167. The van der Waals surface area contributed by atoms with E-state index in [9.17, 15) is 4.79 Å². The Morgan fingerprint density at radius 2 is 2.25 bits per heavy atom. The van der Waals surface area contributed by atoms with Crippen LogP contribution in [0.3, 0.4) is 0 Å². The third-order valence-corrected chi connectivity index (χ3v) is 2.67. The van der Waals surface area contributed by atoms with Crippen LogP contribution >= 0.6 is 0 Å². The molecule has 0 radical (unpaired) electrons. The van der Waals surface area contributed by atoms with Crippen LogP contribution in [0, 0.1) is 11.8 Å². The first-order chi connectivity index (χ1) is 5.65. The first-order valence-electron chi connectivity index (χ1n) is 4.94. The largest absolute Gasteiger partial charge is 0.342 e. The van der Waals surface area contributed by atoms with Crippen molar-refractivity contribution in [1.29, 1.82) is 0 Å². The first-order valence-corrected chi connectivity index (χ1v) is 4.94. The molecule has 1 amide bonds. The lowest BCUT2D eigenvalue weighted by atomic mass is 10.1. The Balaban J connectivity index is 2.41. The summed E-state index contributed by atoms with van der Waals surface area (Å²) in [6, 6.07) is 0. The zero-order chi connectivity index (χ0) is 9.14. The summed E-state index contributed by atoms with van der Waals surface area (Å²) < 4.78 is 0. The number of nitrogens with zero attached hydrogens (tertiary/aromatic N) is 1. The standard InChI is InChI=1S/C10H19NO/c1-4-9-5-6-11(7-9)10(12)8(2)3/h8-9H,4-7H2,1-3H3/t9-/m1/s1. The Labute approximate surface area is 74.9 Å². The smallest absolute Gasteiger partial charge is 0.225 e. The highest BCUT2D eigenvalue weighted by atomic mass is 16.2. The lowest BCUT2D eigenvalue weighted by Crippen LogP contribution is -2.32. The van der Waals surface area contributed by atoms with Crippen LogP contribution in [0.4, 0.5) is 0 Å². The van der Waals surface area contributed by atoms with Crippen LogP contribution in [0.15, 0.2) is 0 Å². The maximum atomic E-state index is 11.5. The summed E-state index contributed by atoms with van der Waals surface area (Å²) in [5.41, 5.74) is 0. The number of likely N-dealkylation sites (tertiary alicyclic amines) is 1. The van der Waals surface area contributed by atoms with Crippen LogP contribution in [0.1, 0.15) is 33.6 Å². The third-order valence-electron chi connectivity index (χ3n) is 2.67. The van der Waals surface area contributed by atoms with Crippen LogP contribution in [0.25, 0.3) is 0 Å². The number of rotatable bonds is 2. The molecule has 1 aliphatic rings. The predicted molar refractivity (Wildman–Crippen MR) is 49.8 cm³/mol. The summed E-state index contributed by atoms with van der Waals surface area (Å²) in [4.78, 5) is 13.5. The summed E-state index contributed by atoms with van der Waals surface area (Å²) in [7, 11) is 0. The molecule has 1 rings (SSSR count). The molecule has 1 saturated heterocycles. The van der Waals surface area contributed by atoms with E-state index in [4.69, 9.17) is 0 Å². The van der Waals surface area contributed by atoms with Crippen LogP contribution in [-0.2, 0) is 4.79 Å². The second kappa shape index (κ2) is 3.92. The average Bonchev–Trinajstić information content (AvgIpc) is 2.50. The summed E-state index contributed by atoms with van der Waals surface area (Å²) in [6.45, 7) is 8.13. The highest BCUT2D eigenvalue weighted by Gasteiger charge is 2.25. The molecule has 0 unspecified atom stereocenters. The average molecular weight is 169 g/mol. The molecule has 1 aliphatic heterocycles. The van der Waals surface area contributed by atoms with E-state index in [0.29, 0.717) is 5.91 Å². The molecule has 0 aliphatic carbocycles. The van der Waals surface area contributed by atoms with Crippen molar-refractivity contribution in [1.82, 2.24) is 4.90 Å². The highest BCUT2D eigenvalue weighted by molar-refractivity contribution is 5.78. The van der Waals surface area contributed by atoms with E-state index in [0.717, 1.165) is 19.0 Å². The number of amides is 1. The summed E-state index contributed by atoms with van der Waals surface area (Å²) in [5.74, 6) is 1.25. The monoisotopic (exact) mass is 169 g/mol. The summed E-state index contributed by atoms with van der Waals surface area (Å²) >= 11 is 0. The minimum absolute atomic E-state index is 0.167. The van der Waals surface area contributed by atoms with Crippen molar-refractivity contribution in [3.05, 3.63) is 0 Å². The molecule has 1 heterocycles. The second-order valence-corrected chi connectivity index (χ2v) is 4.00. The van der Waals surface area contributed by atoms with Gasteiger partial charge in [-0.3, -0.25) is 4.79 Å². The van der Waals surface area contributed by atoms with Crippen molar-refractivity contribution in [2.24, 2.45) is 11.8 Å². The normalized spacial score (nSPS) is 23.7. The molecule has 0 aromatic carbocycles. The molecule has 0 spiro atoms. The van der Waals surface area contributed by atoms with E-state index in [1.807, 2.05) is 18.7 Å². The molecule has 70 valence electrons. The number of carbonyl (C=O) groups excluding carboxylic acids is 1. The maximum Gasteiger partial charge on any atom is 0.225 e. The van der Waals surface area contributed by atoms with Gasteiger partial charge in [0.2, 0.25) is 5.91 Å². The van der Waals surface area contributed by atoms with Gasteiger partial charge in [0.15, 0.2) is 0 Å². The SMILES string of the molecule is CC[C@@H]1CCN(C(=O)C(C)C)C1. The Bertz CT molecular complexity index is 165. The van der Waals surface area contributed by atoms with Gasteiger partial charge in [-0.05, 0) is 12.3 Å². The van der Waals surface area contributed by atoms with Gasteiger partial charge in [-0.15, -0.1) is 0 Å². The highest BCUT2D eigenvalue weighted by Crippen LogP contribution is 2.20. The second-order valence-electron chi connectivity index (χ2n) is 4.00. The molecule has 0 aromatic heterocycles.